The van der Waals surface area contributed by atoms with E-state index in [0.717, 1.165) is 45.3 Å². The van der Waals surface area contributed by atoms with Crippen molar-refractivity contribution in [1.82, 2.24) is 10.2 Å². The number of likely N-dealkylation sites (tertiary alicyclic amines) is 1. The third-order valence-electron chi connectivity index (χ3n) is 5.12. The summed E-state index contributed by atoms with van der Waals surface area (Å²) in [5.74, 6) is 0. The topological polar surface area (TPSA) is 41.6 Å². The van der Waals surface area contributed by atoms with E-state index in [1.165, 1.54) is 12.0 Å². The Balaban J connectivity index is 1.45. The Bertz CT molecular complexity index is 495. The maximum atomic E-state index is 11.5. The second-order valence-corrected chi connectivity index (χ2v) is 6.49. The number of carbonyl (C=O) groups is 1. The molecule has 4 nitrogen and oxygen atoms in total. The minimum atomic E-state index is -0.248. The first-order valence-electron chi connectivity index (χ1n) is 8.48. The van der Waals surface area contributed by atoms with E-state index >= 15 is 0 Å². The van der Waals surface area contributed by atoms with Crippen LogP contribution in [0.15, 0.2) is 30.3 Å². The fourth-order valence-electron chi connectivity index (χ4n) is 3.79. The molecule has 0 bridgehead atoms. The largest absolute Gasteiger partial charge is 0.441 e. The number of nitrogens with one attached hydrogen (secondary N) is 1. The van der Waals surface area contributed by atoms with Crippen LogP contribution in [0, 0.1) is 0 Å². The van der Waals surface area contributed by atoms with Gasteiger partial charge in [0.2, 0.25) is 0 Å². The molecule has 2 aliphatic heterocycles. The molecule has 2 saturated heterocycles. The van der Waals surface area contributed by atoms with E-state index in [1.54, 1.807) is 0 Å². The van der Waals surface area contributed by atoms with Crippen molar-refractivity contribution in [3.8, 4) is 0 Å². The highest BCUT2D eigenvalue weighted by molar-refractivity contribution is 5.71. The molecule has 2 aliphatic rings. The fraction of sp³-hybridized carbons (Fsp3) is 0.611. The summed E-state index contributed by atoms with van der Waals surface area (Å²) in [6, 6.07) is 10.8. The lowest BCUT2D eigenvalue weighted by Crippen LogP contribution is -2.51. The van der Waals surface area contributed by atoms with Gasteiger partial charge in [0.1, 0.15) is 5.60 Å². The fourth-order valence-corrected chi connectivity index (χ4v) is 3.79. The van der Waals surface area contributed by atoms with Crippen molar-refractivity contribution in [1.29, 1.82) is 0 Å². The molecule has 1 atom stereocenters. The Morgan fingerprint density at radius 3 is 2.68 bits per heavy atom. The number of alkyl carbamates (subject to hydrolysis) is 1. The van der Waals surface area contributed by atoms with Crippen LogP contribution in [0.5, 0.6) is 0 Å². The van der Waals surface area contributed by atoms with E-state index in [-0.39, 0.29) is 17.7 Å². The molecule has 1 N–H and O–H groups in total. The number of piperidine rings is 1. The molecular weight excluding hydrogens is 276 g/mol. The first kappa shape index (κ1) is 15.3. The summed E-state index contributed by atoms with van der Waals surface area (Å²) in [6.45, 7) is 5.30. The minimum absolute atomic E-state index is 0.187. The number of benzene rings is 1. The molecule has 1 aromatic rings. The quantitative estimate of drug-likeness (QED) is 0.909. The van der Waals surface area contributed by atoms with Crippen molar-refractivity contribution in [3.63, 3.8) is 0 Å². The molecule has 0 aromatic heterocycles. The normalized spacial score (nSPS) is 24.2. The molecule has 1 unspecified atom stereocenters. The third kappa shape index (κ3) is 3.27. The van der Waals surface area contributed by atoms with Crippen LogP contribution in [0.2, 0.25) is 0 Å². The van der Waals surface area contributed by atoms with E-state index < -0.39 is 0 Å². The van der Waals surface area contributed by atoms with Crippen LogP contribution < -0.4 is 5.32 Å². The Hall–Kier alpha value is -1.55. The smallest absolute Gasteiger partial charge is 0.408 e. The van der Waals surface area contributed by atoms with Crippen LogP contribution in [0.25, 0.3) is 0 Å². The van der Waals surface area contributed by atoms with Gasteiger partial charge in [-0.2, -0.15) is 0 Å². The highest BCUT2D eigenvalue weighted by Gasteiger charge is 2.49. The highest BCUT2D eigenvalue weighted by atomic mass is 16.6. The third-order valence-corrected chi connectivity index (χ3v) is 5.12. The minimum Gasteiger partial charge on any atom is -0.441 e. The Labute approximate surface area is 132 Å². The van der Waals surface area contributed by atoms with E-state index in [1.807, 2.05) is 0 Å². The summed E-state index contributed by atoms with van der Waals surface area (Å²) in [4.78, 5) is 14.1. The number of amides is 1. The summed E-state index contributed by atoms with van der Waals surface area (Å²) in [5.41, 5.74) is 1.16. The lowest BCUT2D eigenvalue weighted by molar-refractivity contribution is -0.0192. The molecule has 2 heterocycles. The van der Waals surface area contributed by atoms with Crippen molar-refractivity contribution in [3.05, 3.63) is 35.9 Å². The molecule has 0 radical (unpaired) electrons. The molecular formula is C18H26N2O2. The SMILES string of the molecule is CCC1NC(=O)OC12CCN(CCCc1ccccc1)CC2. The predicted octanol–water partition coefficient (Wildman–Crippen LogP) is 2.97. The van der Waals surface area contributed by atoms with Crippen molar-refractivity contribution < 1.29 is 9.53 Å². The zero-order valence-corrected chi connectivity index (χ0v) is 13.4. The molecule has 4 heteroatoms. The highest BCUT2D eigenvalue weighted by Crippen LogP contribution is 2.35. The zero-order chi connectivity index (χ0) is 15.4. The van der Waals surface area contributed by atoms with Gasteiger partial charge in [-0.1, -0.05) is 37.3 Å². The molecule has 1 aromatic carbocycles. The average molecular weight is 302 g/mol. The number of hydrogen-bond acceptors (Lipinski definition) is 3. The Morgan fingerprint density at radius 2 is 2.00 bits per heavy atom. The van der Waals surface area contributed by atoms with Crippen LogP contribution in [-0.2, 0) is 11.2 Å². The van der Waals surface area contributed by atoms with Gasteiger partial charge in [0.15, 0.2) is 0 Å². The Morgan fingerprint density at radius 1 is 1.27 bits per heavy atom. The molecule has 1 spiro atoms. The standard InChI is InChI=1S/C18H26N2O2/c1-2-16-18(22-17(21)19-16)10-13-20(14-11-18)12-6-9-15-7-4-3-5-8-15/h3-5,7-8,16H,2,6,9-14H2,1H3,(H,19,21). The lowest BCUT2D eigenvalue weighted by Gasteiger charge is -2.40. The predicted molar refractivity (Wildman–Crippen MR) is 86.9 cm³/mol. The molecule has 0 aliphatic carbocycles. The van der Waals surface area contributed by atoms with Crippen LogP contribution in [-0.4, -0.2) is 42.3 Å². The van der Waals surface area contributed by atoms with Crippen LogP contribution in [0.3, 0.4) is 0 Å². The maximum Gasteiger partial charge on any atom is 0.408 e. The van der Waals surface area contributed by atoms with Crippen molar-refractivity contribution in [2.75, 3.05) is 19.6 Å². The van der Waals surface area contributed by atoms with E-state index in [4.69, 9.17) is 4.74 Å². The molecule has 120 valence electrons. The van der Waals surface area contributed by atoms with Crippen LogP contribution in [0.4, 0.5) is 4.79 Å². The molecule has 1 amide bonds. The maximum absolute atomic E-state index is 11.5. The van der Waals surface area contributed by atoms with Crippen LogP contribution >= 0.6 is 0 Å². The first-order chi connectivity index (χ1) is 10.7. The summed E-state index contributed by atoms with van der Waals surface area (Å²) >= 11 is 0. The number of aryl methyl sites for hydroxylation is 1. The monoisotopic (exact) mass is 302 g/mol. The summed E-state index contributed by atoms with van der Waals surface area (Å²) in [7, 11) is 0. The van der Waals surface area contributed by atoms with Crippen molar-refractivity contribution in [2.45, 2.75) is 50.7 Å². The number of ether oxygens (including phenoxy) is 1. The molecule has 2 fully saturated rings. The number of rotatable bonds is 5. The number of carbonyl (C=O) groups excluding carboxylic acids is 1. The average Bonchev–Trinajstić information content (AvgIpc) is 2.86. The molecule has 0 saturated carbocycles. The molecule has 3 rings (SSSR count). The first-order valence-corrected chi connectivity index (χ1v) is 8.48. The van der Waals surface area contributed by atoms with Gasteiger partial charge in [-0.25, -0.2) is 4.79 Å². The summed E-state index contributed by atoms with van der Waals surface area (Å²) < 4.78 is 5.64. The second kappa shape index (κ2) is 6.69. The van der Waals surface area contributed by atoms with Crippen LogP contribution in [0.1, 0.15) is 38.2 Å². The van der Waals surface area contributed by atoms with E-state index in [9.17, 15) is 4.79 Å². The number of hydrogen-bond donors (Lipinski definition) is 1. The van der Waals surface area contributed by atoms with Gasteiger partial charge in [0.25, 0.3) is 0 Å². The van der Waals surface area contributed by atoms with Gasteiger partial charge in [-0.05, 0) is 31.4 Å². The van der Waals surface area contributed by atoms with Crippen molar-refractivity contribution >= 4 is 6.09 Å². The second-order valence-electron chi connectivity index (χ2n) is 6.49. The summed E-state index contributed by atoms with van der Waals surface area (Å²) in [5, 5.41) is 2.96. The van der Waals surface area contributed by atoms with Gasteiger partial charge in [0.05, 0.1) is 6.04 Å². The van der Waals surface area contributed by atoms with Gasteiger partial charge in [-0.15, -0.1) is 0 Å². The zero-order valence-electron chi connectivity index (χ0n) is 13.4. The lowest BCUT2D eigenvalue weighted by atomic mass is 9.83. The Kier molecular flexibility index (Phi) is 4.67. The summed E-state index contributed by atoms with van der Waals surface area (Å²) in [6.07, 6.45) is 4.94. The van der Waals surface area contributed by atoms with E-state index in [2.05, 4.69) is 47.5 Å². The number of nitrogens with zero attached hydrogens (tertiary/aromatic N) is 1. The molecule has 22 heavy (non-hydrogen) atoms. The van der Waals surface area contributed by atoms with Gasteiger partial charge >= 0.3 is 6.09 Å². The van der Waals surface area contributed by atoms with Gasteiger partial charge in [0, 0.05) is 25.9 Å². The van der Waals surface area contributed by atoms with Crippen molar-refractivity contribution in [2.24, 2.45) is 0 Å². The van der Waals surface area contributed by atoms with E-state index in [0.29, 0.717) is 0 Å². The van der Waals surface area contributed by atoms with Gasteiger partial charge in [-0.3, -0.25) is 0 Å². The van der Waals surface area contributed by atoms with Gasteiger partial charge < -0.3 is 15.0 Å².